The minimum absolute atomic E-state index is 0.0920. The molecule has 0 aliphatic carbocycles. The van der Waals surface area contributed by atoms with Gasteiger partial charge in [0.05, 0.1) is 41.6 Å². The minimum Gasteiger partial charge on any atom is -0.465 e. The quantitative estimate of drug-likeness (QED) is 0.530. The highest BCUT2D eigenvalue weighted by molar-refractivity contribution is 7.92. The van der Waals surface area contributed by atoms with Crippen LogP contribution < -0.4 is 4.31 Å². The predicted molar refractivity (Wildman–Crippen MR) is 114 cm³/mol. The summed E-state index contributed by atoms with van der Waals surface area (Å²) in [5.41, 5.74) is 0.974. The number of rotatable bonds is 6. The molecule has 3 rings (SSSR count). The molecular formula is C22H17ClN2O4S. The van der Waals surface area contributed by atoms with Crippen LogP contribution in [0.3, 0.4) is 0 Å². The number of benzene rings is 3. The minimum atomic E-state index is -4.25. The van der Waals surface area contributed by atoms with Gasteiger partial charge in [0.2, 0.25) is 0 Å². The van der Waals surface area contributed by atoms with E-state index >= 15 is 0 Å². The molecule has 0 fully saturated rings. The summed E-state index contributed by atoms with van der Waals surface area (Å²) in [5, 5.41) is 9.63. The molecule has 0 atom stereocenters. The molecule has 3 aromatic carbocycles. The molecule has 0 bridgehead atoms. The van der Waals surface area contributed by atoms with Crippen LogP contribution >= 0.6 is 11.6 Å². The van der Waals surface area contributed by atoms with Crippen LogP contribution in [0.15, 0.2) is 77.7 Å². The smallest absolute Gasteiger partial charge is 0.339 e. The van der Waals surface area contributed by atoms with Crippen LogP contribution in [0.2, 0.25) is 5.02 Å². The Labute approximate surface area is 179 Å². The van der Waals surface area contributed by atoms with Crippen molar-refractivity contribution >= 4 is 33.3 Å². The lowest BCUT2D eigenvalue weighted by Crippen LogP contribution is -2.32. The molecule has 0 radical (unpaired) electrons. The average Bonchev–Trinajstić information content (AvgIpc) is 2.77. The van der Waals surface area contributed by atoms with Gasteiger partial charge in [-0.2, -0.15) is 5.26 Å². The third kappa shape index (κ3) is 4.15. The zero-order valence-corrected chi connectivity index (χ0v) is 17.5. The number of nitriles is 1. The molecule has 3 aromatic rings. The van der Waals surface area contributed by atoms with E-state index in [2.05, 4.69) is 6.07 Å². The van der Waals surface area contributed by atoms with Crippen molar-refractivity contribution in [2.24, 2.45) is 0 Å². The molecule has 0 amide bonds. The number of carbonyl (C=O) groups is 1. The molecule has 152 valence electrons. The second kappa shape index (κ2) is 8.99. The number of methoxy groups -OCH3 is 1. The Kier molecular flexibility index (Phi) is 6.40. The first kappa shape index (κ1) is 21.4. The number of hydrogen-bond acceptors (Lipinski definition) is 5. The summed E-state index contributed by atoms with van der Waals surface area (Å²) in [6.07, 6.45) is 0. The van der Waals surface area contributed by atoms with Crippen molar-refractivity contribution in [1.82, 2.24) is 0 Å². The molecule has 0 N–H and O–H groups in total. The van der Waals surface area contributed by atoms with E-state index in [4.69, 9.17) is 16.3 Å². The Balaban J connectivity index is 2.22. The lowest BCUT2D eigenvalue weighted by molar-refractivity contribution is 0.0596. The highest BCUT2D eigenvalue weighted by Crippen LogP contribution is 2.33. The lowest BCUT2D eigenvalue weighted by Gasteiger charge is -2.26. The van der Waals surface area contributed by atoms with Crippen LogP contribution in [0.4, 0.5) is 5.69 Å². The van der Waals surface area contributed by atoms with Crippen molar-refractivity contribution in [1.29, 1.82) is 5.26 Å². The van der Waals surface area contributed by atoms with Gasteiger partial charge in [-0.15, -0.1) is 0 Å². The van der Waals surface area contributed by atoms with Gasteiger partial charge >= 0.3 is 5.97 Å². The highest BCUT2D eigenvalue weighted by atomic mass is 35.5. The van der Waals surface area contributed by atoms with E-state index in [0.29, 0.717) is 11.1 Å². The topological polar surface area (TPSA) is 87.5 Å². The fourth-order valence-electron chi connectivity index (χ4n) is 2.96. The molecule has 0 spiro atoms. The van der Waals surface area contributed by atoms with Gasteiger partial charge in [0.25, 0.3) is 10.0 Å². The molecule has 30 heavy (non-hydrogen) atoms. The summed E-state index contributed by atoms with van der Waals surface area (Å²) in [5.74, 6) is -0.772. The average molecular weight is 441 g/mol. The molecule has 6 nitrogen and oxygen atoms in total. The number of hydrogen-bond donors (Lipinski definition) is 0. The first-order valence-electron chi connectivity index (χ1n) is 8.82. The van der Waals surface area contributed by atoms with Crippen LogP contribution in [-0.4, -0.2) is 21.5 Å². The molecule has 8 heteroatoms. The maximum absolute atomic E-state index is 13.7. The predicted octanol–water partition coefficient (Wildman–Crippen LogP) is 4.39. The van der Waals surface area contributed by atoms with Crippen LogP contribution in [0.25, 0.3) is 0 Å². The summed E-state index contributed by atoms with van der Waals surface area (Å²) in [7, 11) is -3.07. The van der Waals surface area contributed by atoms with E-state index < -0.39 is 16.0 Å². The number of carbonyl (C=O) groups excluding carboxylic acids is 1. The van der Waals surface area contributed by atoms with Gasteiger partial charge in [-0.3, -0.25) is 4.31 Å². The third-order valence-corrected chi connectivity index (χ3v) is 6.57. The summed E-state index contributed by atoms with van der Waals surface area (Å²) in [6, 6.07) is 21.0. The number of esters is 1. The summed E-state index contributed by atoms with van der Waals surface area (Å²) in [6.45, 7) is -0.148. The fourth-order valence-corrected chi connectivity index (χ4v) is 4.90. The van der Waals surface area contributed by atoms with Gasteiger partial charge in [0.15, 0.2) is 0 Å². The highest BCUT2D eigenvalue weighted by Gasteiger charge is 2.31. The summed E-state index contributed by atoms with van der Waals surface area (Å²) in [4.78, 5) is 12.0. The van der Waals surface area contributed by atoms with E-state index in [1.54, 1.807) is 54.6 Å². The Hall–Kier alpha value is -3.34. The zero-order valence-electron chi connectivity index (χ0n) is 15.9. The monoisotopic (exact) mass is 440 g/mol. The molecule has 0 saturated carbocycles. The number of halogens is 1. The second-order valence-electron chi connectivity index (χ2n) is 6.22. The largest absolute Gasteiger partial charge is 0.465 e. The summed E-state index contributed by atoms with van der Waals surface area (Å²) >= 11 is 6.32. The van der Waals surface area contributed by atoms with Crippen LogP contribution in [0, 0.1) is 11.3 Å². The Morgan fingerprint density at radius 2 is 1.67 bits per heavy atom. The molecule has 0 aliphatic heterocycles. The maximum Gasteiger partial charge on any atom is 0.339 e. The normalized spacial score (nSPS) is 10.8. The van der Waals surface area contributed by atoms with Gasteiger partial charge in [0, 0.05) is 0 Å². The van der Waals surface area contributed by atoms with E-state index in [1.807, 2.05) is 0 Å². The van der Waals surface area contributed by atoms with Crippen LogP contribution in [0.1, 0.15) is 21.5 Å². The standard InChI is InChI=1S/C22H17ClN2O4S/c1-29-22(26)18-10-4-7-13-21(18)30(27,28)25(20-12-6-5-11-19(20)23)15-17-9-3-2-8-16(17)14-24/h2-13H,15H2,1H3. The van der Waals surface area contributed by atoms with Crippen molar-refractivity contribution < 1.29 is 17.9 Å². The molecular weight excluding hydrogens is 424 g/mol. The van der Waals surface area contributed by atoms with Crippen LogP contribution in [0.5, 0.6) is 0 Å². The van der Waals surface area contributed by atoms with Crippen molar-refractivity contribution in [3.8, 4) is 6.07 Å². The molecule has 0 saturated heterocycles. The maximum atomic E-state index is 13.7. The van der Waals surface area contributed by atoms with Gasteiger partial charge in [-0.1, -0.05) is 54.1 Å². The number of anilines is 1. The Bertz CT molecular complexity index is 1240. The first-order chi connectivity index (χ1) is 14.4. The molecule has 0 aliphatic rings. The van der Waals surface area contributed by atoms with Crippen molar-refractivity contribution in [3.63, 3.8) is 0 Å². The Morgan fingerprint density at radius 3 is 2.37 bits per heavy atom. The number of sulfonamides is 1. The lowest BCUT2D eigenvalue weighted by atomic mass is 10.1. The molecule has 0 unspecified atom stereocenters. The Morgan fingerprint density at radius 1 is 1.03 bits per heavy atom. The number of para-hydroxylation sites is 1. The van der Waals surface area contributed by atoms with Crippen LogP contribution in [-0.2, 0) is 21.3 Å². The first-order valence-corrected chi connectivity index (χ1v) is 10.6. The van der Waals surface area contributed by atoms with E-state index in [0.717, 1.165) is 4.31 Å². The van der Waals surface area contributed by atoms with E-state index in [1.165, 1.54) is 25.3 Å². The third-order valence-electron chi connectivity index (χ3n) is 4.43. The summed E-state index contributed by atoms with van der Waals surface area (Å²) < 4.78 is 33.2. The number of nitrogens with zero attached hydrogens (tertiary/aromatic N) is 2. The fraction of sp³-hybridized carbons (Fsp3) is 0.0909. The SMILES string of the molecule is COC(=O)c1ccccc1S(=O)(=O)N(Cc1ccccc1C#N)c1ccccc1Cl. The molecule has 0 aromatic heterocycles. The van der Waals surface area contributed by atoms with E-state index in [-0.39, 0.29) is 27.7 Å². The number of ether oxygens (including phenoxy) is 1. The van der Waals surface area contributed by atoms with Gasteiger partial charge in [-0.25, -0.2) is 13.2 Å². The second-order valence-corrected chi connectivity index (χ2v) is 8.46. The van der Waals surface area contributed by atoms with Gasteiger partial charge < -0.3 is 4.74 Å². The van der Waals surface area contributed by atoms with Crippen molar-refractivity contribution in [2.45, 2.75) is 11.4 Å². The van der Waals surface area contributed by atoms with Gasteiger partial charge in [0.1, 0.15) is 4.90 Å². The van der Waals surface area contributed by atoms with Gasteiger partial charge in [-0.05, 0) is 35.9 Å². The molecule has 0 heterocycles. The zero-order chi connectivity index (χ0) is 21.7. The van der Waals surface area contributed by atoms with Crippen molar-refractivity contribution in [2.75, 3.05) is 11.4 Å². The van der Waals surface area contributed by atoms with Crippen molar-refractivity contribution in [3.05, 3.63) is 94.5 Å². The van der Waals surface area contributed by atoms with E-state index in [9.17, 15) is 18.5 Å².